The molecule has 37 heavy (non-hydrogen) atoms. The van der Waals surface area contributed by atoms with Crippen LogP contribution in [0.15, 0.2) is 24.8 Å². The van der Waals surface area contributed by atoms with Gasteiger partial charge in [0.2, 0.25) is 0 Å². The molecular formula is C26H46F6O3S2. The van der Waals surface area contributed by atoms with Crippen LogP contribution < -0.4 is 4.18 Å². The smallest absolute Gasteiger partial charge is 0.398 e. The van der Waals surface area contributed by atoms with Crippen molar-refractivity contribution in [1.82, 2.24) is 0 Å². The Labute approximate surface area is 228 Å². The maximum atomic E-state index is 13.9. The number of aliphatic hydroxyl groups is 1. The molecule has 0 spiro atoms. The molecule has 0 fully saturated rings. The molecule has 1 aromatic carbocycles. The average Bonchev–Trinajstić information content (AvgIpc) is 2.85. The molecular weight excluding hydrogens is 538 g/mol. The molecule has 0 aromatic heterocycles. The summed E-state index contributed by atoms with van der Waals surface area (Å²) in [6.45, 7) is 24.3. The van der Waals surface area contributed by atoms with Gasteiger partial charge in [-0.2, -0.15) is 26.3 Å². The van der Waals surface area contributed by atoms with Gasteiger partial charge < -0.3 is 13.8 Å². The Hall–Kier alpha value is -1.04. The Kier molecular flexibility index (Phi) is 24.3. The number of rotatable bonds is 9. The first-order valence-corrected chi connectivity index (χ1v) is 13.5. The predicted octanol–water partition coefficient (Wildman–Crippen LogP) is 11.0. The van der Waals surface area contributed by atoms with Gasteiger partial charge in [0.25, 0.3) is 0 Å². The minimum absolute atomic E-state index is 0.0326. The van der Waals surface area contributed by atoms with E-state index in [9.17, 15) is 26.3 Å². The van der Waals surface area contributed by atoms with Gasteiger partial charge in [0.15, 0.2) is 0 Å². The lowest BCUT2D eigenvalue weighted by Crippen LogP contribution is -2.50. The third-order valence-corrected chi connectivity index (χ3v) is 5.36. The van der Waals surface area contributed by atoms with Crippen molar-refractivity contribution >= 4 is 24.1 Å². The zero-order valence-corrected chi connectivity index (χ0v) is 25.7. The summed E-state index contributed by atoms with van der Waals surface area (Å²) in [5.41, 5.74) is 1.96. The van der Waals surface area contributed by atoms with Gasteiger partial charge in [0.05, 0.1) is 12.0 Å². The second-order valence-corrected chi connectivity index (χ2v) is 9.31. The molecule has 0 saturated heterocycles. The molecule has 0 saturated carbocycles. The van der Waals surface area contributed by atoms with E-state index >= 15 is 0 Å². The Morgan fingerprint density at radius 3 is 1.35 bits per heavy atom. The van der Waals surface area contributed by atoms with Crippen molar-refractivity contribution in [2.24, 2.45) is 0 Å². The average molecular weight is 585 g/mol. The van der Waals surface area contributed by atoms with Crippen molar-refractivity contribution in [2.75, 3.05) is 7.11 Å². The van der Waals surface area contributed by atoms with Gasteiger partial charge in [-0.3, -0.25) is 0 Å². The lowest BCUT2D eigenvalue weighted by Gasteiger charge is -2.30. The van der Waals surface area contributed by atoms with Gasteiger partial charge in [0, 0.05) is 7.11 Å². The Morgan fingerprint density at radius 1 is 0.784 bits per heavy atom. The minimum atomic E-state index is -5.84. The Balaban J connectivity index is -0.000000537. The van der Waals surface area contributed by atoms with Crippen molar-refractivity contribution in [1.29, 1.82) is 0 Å². The van der Waals surface area contributed by atoms with Crippen LogP contribution in [-0.2, 0) is 0 Å². The summed E-state index contributed by atoms with van der Waals surface area (Å²) in [5, 5.41) is -3.67. The van der Waals surface area contributed by atoms with Gasteiger partial charge >= 0.3 is 16.4 Å². The maximum absolute atomic E-state index is 13.9. The lowest BCUT2D eigenvalue weighted by molar-refractivity contribution is -0.239. The summed E-state index contributed by atoms with van der Waals surface area (Å²) in [5.74, 6) is -6.11. The summed E-state index contributed by atoms with van der Waals surface area (Å²) in [6.07, 6.45) is 1.75. The number of hydrogen-bond acceptors (Lipinski definition) is 5. The summed E-state index contributed by atoms with van der Waals surface area (Å²) in [7, 11) is 1.00. The highest BCUT2D eigenvalue weighted by molar-refractivity contribution is 7.96. The maximum Gasteiger partial charge on any atom is 0.398 e. The van der Waals surface area contributed by atoms with E-state index in [4.69, 9.17) is 13.8 Å². The van der Waals surface area contributed by atoms with Crippen LogP contribution in [0.3, 0.4) is 0 Å². The van der Waals surface area contributed by atoms with E-state index < -0.39 is 40.5 Å². The van der Waals surface area contributed by atoms with E-state index in [1.807, 2.05) is 48.5 Å². The highest BCUT2D eigenvalue weighted by atomic mass is 32.2. The van der Waals surface area contributed by atoms with Gasteiger partial charge in [-0.05, 0) is 41.4 Å². The number of hydrogen-bond donors (Lipinski definition) is 2. The minimum Gasteiger partial charge on any atom is -0.419 e. The molecule has 0 heterocycles. The van der Waals surface area contributed by atoms with Crippen LogP contribution in [0.4, 0.5) is 26.3 Å². The monoisotopic (exact) mass is 584 g/mol. The number of aliphatic hydroxyl groups excluding tert-OH is 1. The second kappa shape index (κ2) is 20.9. The number of alkyl halides is 6. The van der Waals surface area contributed by atoms with Crippen LogP contribution in [0.1, 0.15) is 111 Å². The van der Waals surface area contributed by atoms with Crippen LogP contribution >= 0.6 is 24.1 Å². The first-order chi connectivity index (χ1) is 17.0. The van der Waals surface area contributed by atoms with Gasteiger partial charge in [-0.25, -0.2) is 0 Å². The molecule has 11 heteroatoms. The van der Waals surface area contributed by atoms with Gasteiger partial charge in [-0.1, -0.05) is 87.4 Å². The molecule has 0 aliphatic rings. The molecule has 0 atom stereocenters. The number of halogens is 6. The van der Waals surface area contributed by atoms with Crippen LogP contribution in [0, 0.1) is 0 Å². The zero-order valence-electron chi connectivity index (χ0n) is 24.1. The van der Waals surface area contributed by atoms with E-state index in [0.717, 1.165) is 12.7 Å². The SMILES string of the molecule is C=CC.CC.CC.CC(C)c1cc(C(C)C)c(OSC(F)(F)C(F)(F)C(F)(F)SO)c(C(C)C)c1.CO. The van der Waals surface area contributed by atoms with Crippen LogP contribution in [0.2, 0.25) is 0 Å². The fourth-order valence-electron chi connectivity index (χ4n) is 2.36. The molecule has 0 bridgehead atoms. The molecule has 222 valence electrons. The summed E-state index contributed by atoms with van der Waals surface area (Å²) >= 11 is -2.66. The van der Waals surface area contributed by atoms with E-state index in [1.54, 1.807) is 45.9 Å². The van der Waals surface area contributed by atoms with Gasteiger partial charge in [0.1, 0.15) is 17.8 Å². The molecule has 1 rings (SSSR count). The Bertz CT molecular complexity index is 699. The molecule has 2 N–H and O–H groups in total. The molecule has 1 aromatic rings. The summed E-state index contributed by atoms with van der Waals surface area (Å²) in [6, 6.07) is 3.48. The van der Waals surface area contributed by atoms with E-state index in [0.29, 0.717) is 11.1 Å². The molecule has 0 amide bonds. The topological polar surface area (TPSA) is 49.7 Å². The molecule has 0 aliphatic carbocycles. The van der Waals surface area contributed by atoms with Crippen LogP contribution in [0.5, 0.6) is 5.75 Å². The van der Waals surface area contributed by atoms with E-state index in [-0.39, 0.29) is 23.5 Å². The third kappa shape index (κ3) is 13.0. The Morgan fingerprint density at radius 2 is 1.11 bits per heavy atom. The molecule has 0 radical (unpaired) electrons. The first kappa shape index (κ1) is 43.0. The normalized spacial score (nSPS) is 11.2. The summed E-state index contributed by atoms with van der Waals surface area (Å²) in [4.78, 5) is 0. The number of allylic oxidation sites excluding steroid dienone is 1. The highest BCUT2D eigenvalue weighted by Gasteiger charge is 2.74. The van der Waals surface area contributed by atoms with Crippen LogP contribution in [0.25, 0.3) is 0 Å². The molecule has 0 unspecified atom stereocenters. The largest absolute Gasteiger partial charge is 0.419 e. The zero-order chi connectivity index (χ0) is 30.8. The van der Waals surface area contributed by atoms with Crippen molar-refractivity contribution in [2.45, 2.75) is 110 Å². The van der Waals surface area contributed by atoms with Crippen LogP contribution in [-0.4, -0.2) is 33.2 Å². The van der Waals surface area contributed by atoms with Crippen molar-refractivity contribution < 1.29 is 40.2 Å². The fraction of sp³-hybridized carbons (Fsp3) is 0.692. The van der Waals surface area contributed by atoms with Crippen molar-refractivity contribution in [3.8, 4) is 5.75 Å². The third-order valence-electron chi connectivity index (χ3n) is 4.15. The highest BCUT2D eigenvalue weighted by Crippen LogP contribution is 2.55. The fourth-order valence-corrected chi connectivity index (χ4v) is 3.28. The lowest BCUT2D eigenvalue weighted by atomic mass is 9.88. The molecule has 0 aliphatic heterocycles. The van der Waals surface area contributed by atoms with Gasteiger partial charge in [-0.15, -0.1) is 6.58 Å². The van der Waals surface area contributed by atoms with Crippen molar-refractivity contribution in [3.05, 3.63) is 41.5 Å². The summed E-state index contributed by atoms with van der Waals surface area (Å²) < 4.78 is 94.6. The quantitative estimate of drug-likeness (QED) is 0.172. The number of benzene rings is 1. The van der Waals surface area contributed by atoms with E-state index in [1.165, 1.54) is 0 Å². The first-order valence-electron chi connectivity index (χ1n) is 12.0. The second-order valence-electron chi connectivity index (χ2n) is 7.77. The van der Waals surface area contributed by atoms with E-state index in [2.05, 4.69) is 6.58 Å². The standard InChI is InChI=1S/C18H24F6O2S2.C3H6.2C2H6.CH4O/c1-9(2)12-7-13(10(3)4)15(14(8-12)11(5)6)26-28-18(23,24)16(19,20)17(21,22)27-25;1-3-2;3*1-2/h7-11,25H,1-6H3;3H,1H2,2H3;2*1-2H3;2H,1H3. The predicted molar refractivity (Wildman–Crippen MR) is 149 cm³/mol. The van der Waals surface area contributed by atoms with Crippen molar-refractivity contribution in [3.63, 3.8) is 0 Å². The molecule has 3 nitrogen and oxygen atoms in total.